The number of rotatable bonds is 7. The Hall–Kier alpha value is -2.90. The van der Waals surface area contributed by atoms with Crippen LogP contribution in [0.4, 0.5) is 5.69 Å². The molecule has 0 saturated heterocycles. The summed E-state index contributed by atoms with van der Waals surface area (Å²) in [5.74, 6) is -2.51. The van der Waals surface area contributed by atoms with E-state index in [1.807, 2.05) is 0 Å². The second-order valence-corrected chi connectivity index (χ2v) is 5.59. The molecule has 1 aliphatic rings. The molecule has 1 aromatic carbocycles. The second-order valence-electron chi connectivity index (χ2n) is 5.59. The summed E-state index contributed by atoms with van der Waals surface area (Å²) in [7, 11) is 2.44. The fraction of sp³-hybridized carbons (Fsp3) is 0.412. The molecule has 2 atom stereocenters. The van der Waals surface area contributed by atoms with Crippen LogP contribution in [-0.2, 0) is 28.7 Å². The minimum absolute atomic E-state index is 0.0384. The Balaban J connectivity index is 2.00. The van der Waals surface area contributed by atoms with Crippen molar-refractivity contribution in [1.29, 1.82) is 0 Å². The molecule has 0 aliphatic carbocycles. The first kappa shape index (κ1) is 18.4. The number of benzene rings is 1. The third-order valence-electron chi connectivity index (χ3n) is 3.99. The molecule has 2 N–H and O–H groups in total. The number of esters is 2. The molecule has 0 spiro atoms. The van der Waals surface area contributed by atoms with E-state index in [9.17, 15) is 19.2 Å². The lowest BCUT2D eigenvalue weighted by atomic mass is 9.97. The van der Waals surface area contributed by atoms with Gasteiger partial charge in [0, 0.05) is 18.5 Å². The van der Waals surface area contributed by atoms with Crippen LogP contribution in [0.25, 0.3) is 0 Å². The zero-order valence-corrected chi connectivity index (χ0v) is 14.0. The third-order valence-corrected chi connectivity index (χ3v) is 3.99. The van der Waals surface area contributed by atoms with Gasteiger partial charge in [-0.1, -0.05) is 18.2 Å². The van der Waals surface area contributed by atoms with Gasteiger partial charge in [-0.25, -0.2) is 4.79 Å². The number of para-hydroxylation sites is 1. The lowest BCUT2D eigenvalue weighted by molar-refractivity contribution is -0.146. The number of carbonyl (C=O) groups is 4. The second kappa shape index (κ2) is 8.27. The Kier molecular flexibility index (Phi) is 6.10. The predicted molar refractivity (Wildman–Crippen MR) is 87.6 cm³/mol. The molecule has 0 bridgehead atoms. The van der Waals surface area contributed by atoms with Crippen molar-refractivity contribution in [2.75, 3.05) is 19.5 Å². The van der Waals surface area contributed by atoms with Crippen LogP contribution in [-0.4, -0.2) is 44.0 Å². The fourth-order valence-electron chi connectivity index (χ4n) is 2.67. The van der Waals surface area contributed by atoms with Crippen molar-refractivity contribution < 1.29 is 28.7 Å². The summed E-state index contributed by atoms with van der Waals surface area (Å²) < 4.78 is 9.16. The van der Waals surface area contributed by atoms with Gasteiger partial charge in [-0.3, -0.25) is 14.4 Å². The number of fused-ring (bicyclic) bond motifs is 1. The summed E-state index contributed by atoms with van der Waals surface area (Å²) in [6.07, 6.45) is -0.0869. The van der Waals surface area contributed by atoms with Crippen molar-refractivity contribution in [1.82, 2.24) is 5.32 Å². The first-order valence-electron chi connectivity index (χ1n) is 7.80. The third kappa shape index (κ3) is 4.56. The van der Waals surface area contributed by atoms with E-state index in [0.29, 0.717) is 5.69 Å². The van der Waals surface area contributed by atoms with Crippen molar-refractivity contribution in [3.8, 4) is 0 Å². The van der Waals surface area contributed by atoms with Gasteiger partial charge in [0.2, 0.25) is 11.8 Å². The van der Waals surface area contributed by atoms with Crippen LogP contribution < -0.4 is 10.6 Å². The maximum Gasteiger partial charge on any atom is 0.328 e. The Bertz CT molecular complexity index is 687. The SMILES string of the molecule is COC(=O)CC[C@H]([15NH]C(=O)CC1C(=O)Nc2ccccc21)C(=O)OC. The van der Waals surface area contributed by atoms with Crippen LogP contribution in [0.3, 0.4) is 0 Å². The highest BCUT2D eigenvalue weighted by Gasteiger charge is 2.33. The molecule has 0 aromatic heterocycles. The maximum atomic E-state index is 12.3. The smallest absolute Gasteiger partial charge is 0.328 e. The Morgan fingerprint density at radius 2 is 1.92 bits per heavy atom. The van der Waals surface area contributed by atoms with Gasteiger partial charge in [-0.05, 0) is 18.1 Å². The molecular formula is C17H20N2O6. The van der Waals surface area contributed by atoms with E-state index in [0.717, 1.165) is 5.56 Å². The van der Waals surface area contributed by atoms with Gasteiger partial charge in [0.05, 0.1) is 20.1 Å². The molecule has 0 radical (unpaired) electrons. The number of hydrogen-bond donors (Lipinski definition) is 2. The number of methoxy groups -OCH3 is 2. The monoisotopic (exact) mass is 349 g/mol. The highest BCUT2D eigenvalue weighted by molar-refractivity contribution is 6.05. The average Bonchev–Trinajstić information content (AvgIpc) is 2.93. The van der Waals surface area contributed by atoms with E-state index in [4.69, 9.17) is 0 Å². The molecule has 8 heteroatoms. The number of anilines is 1. The van der Waals surface area contributed by atoms with Gasteiger partial charge >= 0.3 is 11.9 Å². The van der Waals surface area contributed by atoms with Gasteiger partial charge in [-0.15, -0.1) is 0 Å². The average molecular weight is 349 g/mol. The van der Waals surface area contributed by atoms with Gasteiger partial charge in [0.15, 0.2) is 0 Å². The van der Waals surface area contributed by atoms with Crippen LogP contribution in [0, 0.1) is 0 Å². The first-order chi connectivity index (χ1) is 12.0. The topological polar surface area (TPSA) is 111 Å². The summed E-state index contributed by atoms with van der Waals surface area (Å²) in [5.41, 5.74) is 1.42. The number of carbonyl (C=O) groups excluding carboxylic acids is 4. The minimum Gasteiger partial charge on any atom is -0.469 e. The van der Waals surface area contributed by atoms with Crippen LogP contribution in [0.15, 0.2) is 24.3 Å². The first-order valence-corrected chi connectivity index (χ1v) is 7.80. The maximum absolute atomic E-state index is 12.3. The zero-order chi connectivity index (χ0) is 18.4. The molecule has 8 nitrogen and oxygen atoms in total. The molecule has 2 amide bonds. The molecule has 2 rings (SSSR count). The normalized spacial score (nSPS) is 16.4. The highest BCUT2D eigenvalue weighted by atomic mass is 16.5. The van der Waals surface area contributed by atoms with E-state index in [-0.39, 0.29) is 25.2 Å². The fourth-order valence-corrected chi connectivity index (χ4v) is 2.67. The van der Waals surface area contributed by atoms with E-state index >= 15 is 0 Å². The summed E-state index contributed by atoms with van der Waals surface area (Å²) >= 11 is 0. The van der Waals surface area contributed by atoms with Crippen molar-refractivity contribution in [2.45, 2.75) is 31.2 Å². The molecule has 1 heterocycles. The summed E-state index contributed by atoms with van der Waals surface area (Å²) in [6.45, 7) is 0. The van der Waals surface area contributed by atoms with Crippen LogP contribution in [0.2, 0.25) is 0 Å². The standard InChI is InChI=1S/C17H20N2O6/c1-24-15(21)8-7-13(17(23)25-2)18-14(20)9-11-10-5-3-4-6-12(10)19-16(11)22/h3-6,11,13H,7-9H2,1-2H3,(H,18,20)(H,19,22)/t11?,13-/m0/s1/i18+1. The predicted octanol–water partition coefficient (Wildman–Crippen LogP) is 0.723. The zero-order valence-electron chi connectivity index (χ0n) is 14.0. The Labute approximate surface area is 144 Å². The Morgan fingerprint density at radius 1 is 1.20 bits per heavy atom. The van der Waals surface area contributed by atoms with E-state index in [1.54, 1.807) is 24.3 Å². The largest absolute Gasteiger partial charge is 0.469 e. The lowest BCUT2D eigenvalue weighted by Crippen LogP contribution is -2.42. The summed E-state index contributed by atoms with van der Waals surface area (Å²) in [6, 6.07) is 6.15. The summed E-state index contributed by atoms with van der Waals surface area (Å²) in [4.78, 5) is 47.3. The van der Waals surface area contributed by atoms with Crippen LogP contribution in [0.5, 0.6) is 0 Å². The molecule has 1 aliphatic heterocycles. The summed E-state index contributed by atoms with van der Waals surface area (Å²) in [5, 5.41) is 5.24. The molecule has 134 valence electrons. The number of amides is 2. The van der Waals surface area contributed by atoms with Crippen molar-refractivity contribution in [3.05, 3.63) is 29.8 Å². The Morgan fingerprint density at radius 3 is 2.60 bits per heavy atom. The number of nitrogens with one attached hydrogen (secondary N) is 2. The van der Waals surface area contributed by atoms with E-state index in [1.165, 1.54) is 14.2 Å². The van der Waals surface area contributed by atoms with Crippen LogP contribution >= 0.6 is 0 Å². The van der Waals surface area contributed by atoms with Gasteiger partial charge in [0.25, 0.3) is 0 Å². The van der Waals surface area contributed by atoms with Crippen molar-refractivity contribution >= 4 is 29.4 Å². The van der Waals surface area contributed by atoms with Crippen molar-refractivity contribution in [3.63, 3.8) is 0 Å². The van der Waals surface area contributed by atoms with Crippen LogP contribution in [0.1, 0.15) is 30.7 Å². The lowest BCUT2D eigenvalue weighted by Gasteiger charge is -2.17. The van der Waals surface area contributed by atoms with Gasteiger partial charge in [0.1, 0.15) is 6.04 Å². The molecule has 0 fully saturated rings. The highest BCUT2D eigenvalue weighted by Crippen LogP contribution is 2.34. The van der Waals surface area contributed by atoms with Gasteiger partial charge in [-0.2, -0.15) is 0 Å². The van der Waals surface area contributed by atoms with Gasteiger partial charge < -0.3 is 20.1 Å². The van der Waals surface area contributed by atoms with E-state index in [2.05, 4.69) is 20.1 Å². The van der Waals surface area contributed by atoms with E-state index < -0.39 is 29.8 Å². The molecule has 1 aromatic rings. The molecule has 25 heavy (non-hydrogen) atoms. The van der Waals surface area contributed by atoms with Crippen molar-refractivity contribution in [2.24, 2.45) is 0 Å². The molecular weight excluding hydrogens is 329 g/mol. The molecule has 1 unspecified atom stereocenters. The molecule has 0 saturated carbocycles. The minimum atomic E-state index is -0.976. The quantitative estimate of drug-likeness (QED) is 0.554. The number of ether oxygens (including phenoxy) is 2. The number of hydrogen-bond acceptors (Lipinski definition) is 6.